The van der Waals surface area contributed by atoms with Gasteiger partial charge in [0.25, 0.3) is 0 Å². The summed E-state index contributed by atoms with van der Waals surface area (Å²) in [6.07, 6.45) is 0. The van der Waals surface area contributed by atoms with Crippen LogP contribution in [0, 0.1) is 0 Å². The fraction of sp³-hybridized carbons (Fsp3) is 0.0154. The lowest BCUT2D eigenvalue weighted by atomic mass is 9.68. The van der Waals surface area contributed by atoms with Gasteiger partial charge in [-0.2, -0.15) is 0 Å². The van der Waals surface area contributed by atoms with Gasteiger partial charge in [-0.15, -0.1) is 0 Å². The first-order chi connectivity index (χ1) is 33.3. The van der Waals surface area contributed by atoms with E-state index in [1.165, 1.54) is 60.8 Å². The minimum atomic E-state index is -0.567. The van der Waals surface area contributed by atoms with Gasteiger partial charge in [-0.05, 0) is 97.2 Å². The van der Waals surface area contributed by atoms with Gasteiger partial charge in [0.15, 0.2) is 0 Å². The molecule has 0 saturated carbocycles. The molecule has 0 spiro atoms. The maximum atomic E-state index is 6.37. The molecule has 1 aromatic heterocycles. The van der Waals surface area contributed by atoms with E-state index in [0.717, 1.165) is 55.7 Å². The van der Waals surface area contributed by atoms with Gasteiger partial charge < -0.3 is 9.32 Å². The Hall–Kier alpha value is -8.72. The van der Waals surface area contributed by atoms with Crippen LogP contribution in [-0.4, -0.2) is 0 Å². The fourth-order valence-corrected chi connectivity index (χ4v) is 11.2. The zero-order valence-electron chi connectivity index (χ0n) is 36.7. The standard InChI is InChI=1S/C65H43NO/c1-4-21-44(22-5-1)50-33-18-23-45-24-19-34-53(63(45)50)51-30-12-16-38-59(51)66(58-37-15-11-29-49(58)46-41-42-62-55(43-46)52-31-13-17-40-61(52)67-62)60-39-20-36-57-64(60)54-32-10-14-35-56(54)65(57,47-25-6-2-7-26-47)48-27-8-3-9-28-48/h1-43H. The van der Waals surface area contributed by atoms with Crippen LogP contribution in [0.3, 0.4) is 0 Å². The highest BCUT2D eigenvalue weighted by atomic mass is 16.3. The number of furan rings is 1. The van der Waals surface area contributed by atoms with Crippen molar-refractivity contribution < 1.29 is 4.42 Å². The van der Waals surface area contributed by atoms with E-state index >= 15 is 0 Å². The number of rotatable bonds is 8. The maximum Gasteiger partial charge on any atom is 0.135 e. The van der Waals surface area contributed by atoms with Crippen LogP contribution < -0.4 is 4.90 Å². The summed E-state index contributed by atoms with van der Waals surface area (Å²) < 4.78 is 6.37. The molecule has 0 bridgehead atoms. The molecule has 1 aliphatic rings. The number of para-hydroxylation sites is 3. The van der Waals surface area contributed by atoms with E-state index in [0.29, 0.717) is 0 Å². The van der Waals surface area contributed by atoms with Crippen LogP contribution in [0.1, 0.15) is 22.3 Å². The highest BCUT2D eigenvalue weighted by Gasteiger charge is 2.47. The maximum absolute atomic E-state index is 6.37. The van der Waals surface area contributed by atoms with Gasteiger partial charge in [0.1, 0.15) is 11.2 Å². The fourth-order valence-electron chi connectivity index (χ4n) is 11.2. The molecule has 1 aliphatic carbocycles. The molecule has 0 radical (unpaired) electrons. The molecule has 0 N–H and O–H groups in total. The van der Waals surface area contributed by atoms with E-state index in [1.807, 2.05) is 6.07 Å². The zero-order chi connectivity index (χ0) is 44.3. The van der Waals surface area contributed by atoms with Crippen molar-refractivity contribution in [3.05, 3.63) is 283 Å². The first-order valence-corrected chi connectivity index (χ1v) is 23.1. The predicted octanol–water partition coefficient (Wildman–Crippen LogP) is 17.6. The number of hydrogen-bond acceptors (Lipinski definition) is 2. The lowest BCUT2D eigenvalue weighted by Gasteiger charge is -2.35. The van der Waals surface area contributed by atoms with Gasteiger partial charge in [0.05, 0.1) is 22.5 Å². The molecule has 11 aromatic carbocycles. The summed E-state index contributed by atoms with van der Waals surface area (Å²) in [5.74, 6) is 0. The zero-order valence-corrected chi connectivity index (χ0v) is 36.7. The van der Waals surface area contributed by atoms with E-state index in [9.17, 15) is 0 Å². The second-order valence-electron chi connectivity index (χ2n) is 17.5. The summed E-state index contributed by atoms with van der Waals surface area (Å²) in [5, 5.41) is 4.64. The minimum Gasteiger partial charge on any atom is -0.456 e. The van der Waals surface area contributed by atoms with Gasteiger partial charge in [-0.25, -0.2) is 0 Å². The largest absolute Gasteiger partial charge is 0.456 e. The Bertz CT molecular complexity index is 3770. The second-order valence-corrected chi connectivity index (χ2v) is 17.5. The van der Waals surface area contributed by atoms with Gasteiger partial charge in [-0.3, -0.25) is 0 Å². The average Bonchev–Trinajstić information content (AvgIpc) is 3.93. The van der Waals surface area contributed by atoms with Gasteiger partial charge in [-0.1, -0.05) is 224 Å². The van der Waals surface area contributed by atoms with Crippen LogP contribution in [-0.2, 0) is 5.41 Å². The summed E-state index contributed by atoms with van der Waals surface area (Å²) in [6, 6.07) is 95.3. The Morgan fingerprint density at radius 2 is 0.836 bits per heavy atom. The molecule has 12 aromatic rings. The van der Waals surface area contributed by atoms with Crippen molar-refractivity contribution in [3.63, 3.8) is 0 Å². The first-order valence-electron chi connectivity index (χ1n) is 23.1. The summed E-state index contributed by atoms with van der Waals surface area (Å²) in [7, 11) is 0. The molecule has 0 aliphatic heterocycles. The summed E-state index contributed by atoms with van der Waals surface area (Å²) in [4.78, 5) is 2.55. The Kier molecular flexibility index (Phi) is 9.11. The van der Waals surface area contributed by atoms with Crippen molar-refractivity contribution in [3.8, 4) is 44.5 Å². The summed E-state index contributed by atoms with van der Waals surface area (Å²) in [6.45, 7) is 0. The van der Waals surface area contributed by atoms with Gasteiger partial charge >= 0.3 is 0 Å². The normalized spacial score (nSPS) is 12.6. The molecule has 2 heteroatoms. The Morgan fingerprint density at radius 1 is 0.313 bits per heavy atom. The van der Waals surface area contributed by atoms with E-state index in [-0.39, 0.29) is 0 Å². The Morgan fingerprint density at radius 3 is 1.58 bits per heavy atom. The molecule has 0 atom stereocenters. The molecular formula is C65H43NO. The van der Waals surface area contributed by atoms with E-state index in [2.05, 4.69) is 260 Å². The van der Waals surface area contributed by atoms with E-state index in [1.54, 1.807) is 0 Å². The Labute approximate surface area is 390 Å². The van der Waals surface area contributed by atoms with E-state index < -0.39 is 5.41 Å². The van der Waals surface area contributed by atoms with Crippen LogP contribution in [0.5, 0.6) is 0 Å². The third kappa shape index (κ3) is 6.04. The summed E-state index contributed by atoms with van der Waals surface area (Å²) in [5.41, 5.74) is 18.9. The van der Waals surface area contributed by atoms with Crippen molar-refractivity contribution >= 4 is 49.8 Å². The molecule has 314 valence electrons. The number of nitrogens with zero attached hydrogens (tertiary/aromatic N) is 1. The monoisotopic (exact) mass is 853 g/mol. The van der Waals surface area contributed by atoms with Crippen LogP contribution in [0.4, 0.5) is 17.1 Å². The molecule has 0 amide bonds. The lowest BCUT2D eigenvalue weighted by molar-refractivity contribution is 0.669. The topological polar surface area (TPSA) is 16.4 Å². The molecule has 13 rings (SSSR count). The molecule has 0 unspecified atom stereocenters. The number of fused-ring (bicyclic) bond motifs is 7. The molecular weight excluding hydrogens is 811 g/mol. The van der Waals surface area contributed by atoms with Crippen LogP contribution in [0.2, 0.25) is 0 Å². The molecule has 0 saturated heterocycles. The van der Waals surface area contributed by atoms with Crippen molar-refractivity contribution in [1.82, 2.24) is 0 Å². The van der Waals surface area contributed by atoms with Gasteiger partial charge in [0, 0.05) is 27.5 Å². The van der Waals surface area contributed by atoms with Crippen molar-refractivity contribution in [2.45, 2.75) is 5.41 Å². The van der Waals surface area contributed by atoms with E-state index in [4.69, 9.17) is 4.42 Å². The van der Waals surface area contributed by atoms with Gasteiger partial charge in [0.2, 0.25) is 0 Å². The molecule has 1 heterocycles. The van der Waals surface area contributed by atoms with Crippen LogP contribution in [0.25, 0.3) is 77.2 Å². The second kappa shape index (κ2) is 15.8. The van der Waals surface area contributed by atoms with Crippen molar-refractivity contribution in [2.24, 2.45) is 0 Å². The smallest absolute Gasteiger partial charge is 0.135 e. The van der Waals surface area contributed by atoms with Crippen molar-refractivity contribution in [2.75, 3.05) is 4.90 Å². The SMILES string of the molecule is c1ccc(-c2cccc3cccc(-c4ccccc4N(c4ccccc4-c4ccc5oc6ccccc6c5c4)c4cccc5c4-c4ccccc4C5(c4ccccc4)c4ccccc4)c23)cc1. The van der Waals surface area contributed by atoms with Crippen LogP contribution in [0.15, 0.2) is 265 Å². The lowest BCUT2D eigenvalue weighted by Crippen LogP contribution is -2.28. The van der Waals surface area contributed by atoms with Crippen molar-refractivity contribution in [1.29, 1.82) is 0 Å². The molecule has 0 fully saturated rings. The quantitative estimate of drug-likeness (QED) is 0.151. The first kappa shape index (κ1) is 38.7. The highest BCUT2D eigenvalue weighted by Crippen LogP contribution is 2.60. The van der Waals surface area contributed by atoms with Crippen LogP contribution >= 0.6 is 0 Å². The third-order valence-corrected chi connectivity index (χ3v) is 14.0. The predicted molar refractivity (Wildman–Crippen MR) is 280 cm³/mol. The molecule has 2 nitrogen and oxygen atoms in total. The highest BCUT2D eigenvalue weighted by molar-refractivity contribution is 6.11. The third-order valence-electron chi connectivity index (χ3n) is 14.0. The number of hydrogen-bond donors (Lipinski definition) is 0. The average molecular weight is 854 g/mol. The Balaban J connectivity index is 1.14. The number of benzene rings is 11. The minimum absolute atomic E-state index is 0.567. The number of anilines is 3. The summed E-state index contributed by atoms with van der Waals surface area (Å²) >= 11 is 0. The molecule has 67 heavy (non-hydrogen) atoms.